The van der Waals surface area contributed by atoms with Crippen LogP contribution in [0.25, 0.3) is 0 Å². The minimum absolute atomic E-state index is 0.436. The van der Waals surface area contributed by atoms with Gasteiger partial charge in [0.1, 0.15) is 6.29 Å². The number of carbonyl (C=O) groups excluding carboxylic acids is 1. The molecule has 0 heterocycles. The molecular formula is C24H46O. The third-order valence-electron chi connectivity index (χ3n) is 6.08. The van der Waals surface area contributed by atoms with E-state index in [4.69, 9.17) is 0 Å². The predicted molar refractivity (Wildman–Crippen MR) is 111 cm³/mol. The third kappa shape index (κ3) is 14.5. The Balaban J connectivity index is 1.62. The normalized spacial score (nSPS) is 19.2. The first-order valence-electron chi connectivity index (χ1n) is 11.8. The van der Waals surface area contributed by atoms with Crippen molar-refractivity contribution in [3.05, 3.63) is 0 Å². The van der Waals surface area contributed by atoms with Crippen LogP contribution in [0, 0.1) is 11.8 Å². The predicted octanol–water partition coefficient (Wildman–Crippen LogP) is 8.25. The van der Waals surface area contributed by atoms with Crippen molar-refractivity contribution < 1.29 is 4.79 Å². The van der Waals surface area contributed by atoms with E-state index in [1.807, 2.05) is 0 Å². The largest absolute Gasteiger partial charge is 0.303 e. The summed E-state index contributed by atoms with van der Waals surface area (Å²) in [6.45, 7) is 2.29. The van der Waals surface area contributed by atoms with Crippen molar-refractivity contribution in [1.82, 2.24) is 0 Å². The summed E-state index contributed by atoms with van der Waals surface area (Å²) in [6, 6.07) is 0. The topological polar surface area (TPSA) is 17.1 Å². The van der Waals surface area contributed by atoms with Gasteiger partial charge in [-0.1, -0.05) is 122 Å². The first-order valence-corrected chi connectivity index (χ1v) is 11.8. The molecule has 0 aromatic carbocycles. The molecule has 25 heavy (non-hydrogen) atoms. The third-order valence-corrected chi connectivity index (χ3v) is 6.08. The minimum atomic E-state index is 0.436. The molecule has 1 rings (SSSR count). The van der Waals surface area contributed by atoms with Gasteiger partial charge in [-0.15, -0.1) is 0 Å². The van der Waals surface area contributed by atoms with Crippen LogP contribution in [0.1, 0.15) is 135 Å². The number of carbonyl (C=O) groups is 1. The summed E-state index contributed by atoms with van der Waals surface area (Å²) in [5.74, 6) is 1.20. The average Bonchev–Trinajstić information content (AvgIpc) is 3.39. The Hall–Kier alpha value is -0.330. The Morgan fingerprint density at radius 1 is 0.600 bits per heavy atom. The fourth-order valence-electron chi connectivity index (χ4n) is 4.08. The Morgan fingerprint density at radius 3 is 1.28 bits per heavy atom. The van der Waals surface area contributed by atoms with E-state index in [0.717, 1.165) is 5.92 Å². The molecule has 1 fully saturated rings. The summed E-state index contributed by atoms with van der Waals surface area (Å²) in [5.41, 5.74) is 0. The van der Waals surface area contributed by atoms with E-state index in [2.05, 4.69) is 6.92 Å². The Morgan fingerprint density at radius 2 is 0.960 bits per heavy atom. The highest BCUT2D eigenvalue weighted by molar-refractivity contribution is 5.58. The van der Waals surface area contributed by atoms with Gasteiger partial charge >= 0.3 is 0 Å². The molecule has 1 heteroatoms. The lowest BCUT2D eigenvalue weighted by atomic mass is 10.0. The molecule has 0 aromatic rings. The van der Waals surface area contributed by atoms with Crippen LogP contribution in [0.5, 0.6) is 0 Å². The van der Waals surface area contributed by atoms with Crippen molar-refractivity contribution in [2.75, 3.05) is 0 Å². The maximum atomic E-state index is 10.6. The zero-order valence-corrected chi connectivity index (χ0v) is 17.3. The van der Waals surface area contributed by atoms with Crippen molar-refractivity contribution in [3.63, 3.8) is 0 Å². The zero-order valence-electron chi connectivity index (χ0n) is 17.3. The molecule has 0 saturated heterocycles. The highest BCUT2D eigenvalue weighted by atomic mass is 16.1. The molecule has 148 valence electrons. The highest BCUT2D eigenvalue weighted by Crippen LogP contribution is 2.40. The maximum Gasteiger partial charge on any atom is 0.123 e. The van der Waals surface area contributed by atoms with Crippen LogP contribution in [0.15, 0.2) is 0 Å². The summed E-state index contributed by atoms with van der Waals surface area (Å²) >= 11 is 0. The van der Waals surface area contributed by atoms with E-state index in [9.17, 15) is 4.79 Å². The van der Waals surface area contributed by atoms with E-state index in [1.54, 1.807) is 0 Å². The lowest BCUT2D eigenvalue weighted by Gasteiger charge is -2.04. The van der Waals surface area contributed by atoms with Crippen molar-refractivity contribution in [2.45, 2.75) is 135 Å². The molecule has 1 aliphatic rings. The molecule has 1 saturated carbocycles. The molecule has 0 amide bonds. The van der Waals surface area contributed by atoms with E-state index >= 15 is 0 Å². The van der Waals surface area contributed by atoms with Gasteiger partial charge in [0.05, 0.1) is 0 Å². The summed E-state index contributed by atoms with van der Waals surface area (Å²) in [6.07, 6.45) is 29.6. The van der Waals surface area contributed by atoms with Gasteiger partial charge in [-0.25, -0.2) is 0 Å². The second-order valence-electron chi connectivity index (χ2n) is 8.59. The van der Waals surface area contributed by atoms with E-state index in [-0.39, 0.29) is 0 Å². The van der Waals surface area contributed by atoms with Gasteiger partial charge in [0, 0.05) is 5.92 Å². The van der Waals surface area contributed by atoms with Gasteiger partial charge in [0.15, 0.2) is 0 Å². The van der Waals surface area contributed by atoms with Crippen molar-refractivity contribution in [3.8, 4) is 0 Å². The first kappa shape index (κ1) is 22.7. The summed E-state index contributed by atoms with van der Waals surface area (Å²) in [5, 5.41) is 0. The van der Waals surface area contributed by atoms with Gasteiger partial charge < -0.3 is 4.79 Å². The molecule has 1 nitrogen and oxygen atoms in total. The van der Waals surface area contributed by atoms with E-state index in [0.29, 0.717) is 5.92 Å². The number of aldehydes is 1. The molecule has 0 spiro atoms. The standard InChI is InChI=1S/C24H46O/c1-2-3-4-5-6-7-8-9-10-11-12-13-14-15-16-17-18-19-20-23-21-24(23)22-25/h22-24H,2-21H2,1H3/t23-,24-/m1/s1. The summed E-state index contributed by atoms with van der Waals surface area (Å²) in [4.78, 5) is 10.6. The van der Waals surface area contributed by atoms with Crippen LogP contribution in [0.2, 0.25) is 0 Å². The lowest BCUT2D eigenvalue weighted by Crippen LogP contribution is -1.86. The molecule has 0 bridgehead atoms. The van der Waals surface area contributed by atoms with Gasteiger partial charge in [0.25, 0.3) is 0 Å². The molecule has 0 unspecified atom stereocenters. The number of hydrogen-bond acceptors (Lipinski definition) is 1. The molecule has 0 aliphatic heterocycles. The van der Waals surface area contributed by atoms with Crippen LogP contribution in [-0.2, 0) is 4.79 Å². The van der Waals surface area contributed by atoms with Crippen molar-refractivity contribution in [1.29, 1.82) is 0 Å². The van der Waals surface area contributed by atoms with Gasteiger partial charge in [-0.05, 0) is 18.8 Å². The van der Waals surface area contributed by atoms with Crippen LogP contribution in [0.4, 0.5) is 0 Å². The van der Waals surface area contributed by atoms with Crippen LogP contribution in [0.3, 0.4) is 0 Å². The lowest BCUT2D eigenvalue weighted by molar-refractivity contribution is -0.109. The van der Waals surface area contributed by atoms with Crippen LogP contribution < -0.4 is 0 Å². The van der Waals surface area contributed by atoms with Crippen molar-refractivity contribution in [2.24, 2.45) is 11.8 Å². The van der Waals surface area contributed by atoms with Gasteiger partial charge in [-0.3, -0.25) is 0 Å². The number of rotatable bonds is 20. The average molecular weight is 351 g/mol. The fraction of sp³-hybridized carbons (Fsp3) is 0.958. The molecular weight excluding hydrogens is 304 g/mol. The second-order valence-corrected chi connectivity index (χ2v) is 8.59. The Kier molecular flexibility index (Phi) is 15.5. The molecule has 1 aliphatic carbocycles. The molecule has 0 aromatic heterocycles. The second kappa shape index (κ2) is 17.1. The molecule has 0 radical (unpaired) electrons. The monoisotopic (exact) mass is 350 g/mol. The quantitative estimate of drug-likeness (QED) is 0.159. The van der Waals surface area contributed by atoms with Crippen LogP contribution >= 0.6 is 0 Å². The van der Waals surface area contributed by atoms with Gasteiger partial charge in [0.2, 0.25) is 0 Å². The smallest absolute Gasteiger partial charge is 0.123 e. The summed E-state index contributed by atoms with van der Waals surface area (Å²) < 4.78 is 0. The Labute approximate surface area is 158 Å². The fourth-order valence-corrected chi connectivity index (χ4v) is 4.08. The number of unbranched alkanes of at least 4 members (excludes halogenated alkanes) is 17. The summed E-state index contributed by atoms with van der Waals surface area (Å²) in [7, 11) is 0. The maximum absolute atomic E-state index is 10.6. The first-order chi connectivity index (χ1) is 12.4. The molecule has 2 atom stereocenters. The van der Waals surface area contributed by atoms with Crippen LogP contribution in [-0.4, -0.2) is 6.29 Å². The van der Waals surface area contributed by atoms with E-state index < -0.39 is 0 Å². The Bertz CT molecular complexity index is 286. The molecule has 0 N–H and O–H groups in total. The zero-order chi connectivity index (χ0) is 18.0. The van der Waals surface area contributed by atoms with E-state index in [1.165, 1.54) is 135 Å². The van der Waals surface area contributed by atoms with Crippen molar-refractivity contribution >= 4 is 6.29 Å². The highest BCUT2D eigenvalue weighted by Gasteiger charge is 2.35. The SMILES string of the molecule is CCCCCCCCCCCCCCCCCCCC[C@@H]1C[C@@H]1C=O. The number of hydrogen-bond donors (Lipinski definition) is 0. The minimum Gasteiger partial charge on any atom is -0.303 e. The van der Waals surface area contributed by atoms with Gasteiger partial charge in [-0.2, -0.15) is 0 Å².